The molecule has 0 radical (unpaired) electrons. The van der Waals surface area contributed by atoms with Crippen LogP contribution >= 0.6 is 0 Å². The number of amides is 1. The Morgan fingerprint density at radius 1 is 1.26 bits per heavy atom. The molecule has 27 heavy (non-hydrogen) atoms. The molecule has 1 saturated heterocycles. The van der Waals surface area contributed by atoms with E-state index in [9.17, 15) is 4.79 Å². The molecule has 1 heterocycles. The van der Waals surface area contributed by atoms with Crippen molar-refractivity contribution in [2.45, 2.75) is 65.5 Å². The van der Waals surface area contributed by atoms with Crippen molar-refractivity contribution in [3.8, 4) is 5.75 Å². The third-order valence-electron chi connectivity index (χ3n) is 5.03. The minimum absolute atomic E-state index is 0.210. The summed E-state index contributed by atoms with van der Waals surface area (Å²) in [6.07, 6.45) is 2.54. The number of carbonyl (C=O) groups excluding carboxylic acids is 1. The third-order valence-corrected chi connectivity index (χ3v) is 5.03. The van der Waals surface area contributed by atoms with E-state index in [0.29, 0.717) is 18.0 Å². The topological polar surface area (TPSA) is 68.0 Å². The van der Waals surface area contributed by atoms with Gasteiger partial charge in [-0.05, 0) is 58.6 Å². The van der Waals surface area contributed by atoms with Crippen molar-refractivity contribution in [3.63, 3.8) is 0 Å². The number of aryl methyl sites for hydroxylation is 1. The van der Waals surface area contributed by atoms with Crippen LogP contribution in [-0.4, -0.2) is 49.4 Å². The Morgan fingerprint density at radius 2 is 1.89 bits per heavy atom. The predicted molar refractivity (Wildman–Crippen MR) is 111 cm³/mol. The van der Waals surface area contributed by atoms with E-state index in [1.165, 1.54) is 11.3 Å². The molecule has 0 bridgehead atoms. The number of anilines is 2. The summed E-state index contributed by atoms with van der Waals surface area (Å²) in [6, 6.07) is 4.26. The SMILES string of the molecule is CCc1cc(N)c(OC)cc1N1CCC(N(CC)C(=O)OC(C)(C)C)CC1. The van der Waals surface area contributed by atoms with Gasteiger partial charge in [0.1, 0.15) is 11.4 Å². The van der Waals surface area contributed by atoms with Crippen LogP contribution in [0.5, 0.6) is 5.75 Å². The van der Waals surface area contributed by atoms with Crippen molar-refractivity contribution in [1.29, 1.82) is 0 Å². The number of rotatable bonds is 5. The number of carbonyl (C=O) groups is 1. The summed E-state index contributed by atoms with van der Waals surface area (Å²) in [5.41, 5.74) is 8.68. The van der Waals surface area contributed by atoms with E-state index in [2.05, 4.69) is 11.8 Å². The largest absolute Gasteiger partial charge is 0.495 e. The molecule has 152 valence electrons. The van der Waals surface area contributed by atoms with Crippen molar-refractivity contribution in [2.75, 3.05) is 37.4 Å². The van der Waals surface area contributed by atoms with E-state index in [-0.39, 0.29) is 12.1 Å². The van der Waals surface area contributed by atoms with E-state index in [1.54, 1.807) is 7.11 Å². The maximum Gasteiger partial charge on any atom is 0.410 e. The van der Waals surface area contributed by atoms with Crippen LogP contribution < -0.4 is 15.4 Å². The fourth-order valence-corrected chi connectivity index (χ4v) is 3.66. The molecule has 1 aliphatic heterocycles. The van der Waals surface area contributed by atoms with Crippen LogP contribution in [0.2, 0.25) is 0 Å². The van der Waals surface area contributed by atoms with Crippen LogP contribution in [-0.2, 0) is 11.2 Å². The molecule has 6 nitrogen and oxygen atoms in total. The second kappa shape index (κ2) is 8.72. The summed E-state index contributed by atoms with van der Waals surface area (Å²) in [6.45, 7) is 12.3. The Kier molecular flexibility index (Phi) is 6.84. The first-order valence-electron chi connectivity index (χ1n) is 9.91. The first-order chi connectivity index (χ1) is 12.7. The van der Waals surface area contributed by atoms with Crippen molar-refractivity contribution in [1.82, 2.24) is 4.90 Å². The van der Waals surface area contributed by atoms with Gasteiger partial charge in [0.05, 0.1) is 12.8 Å². The molecule has 1 amide bonds. The highest BCUT2D eigenvalue weighted by molar-refractivity contribution is 5.69. The number of methoxy groups -OCH3 is 1. The Balaban J connectivity index is 2.09. The van der Waals surface area contributed by atoms with Crippen LogP contribution in [0.25, 0.3) is 0 Å². The van der Waals surface area contributed by atoms with Gasteiger partial charge in [0.25, 0.3) is 0 Å². The molecule has 1 aromatic carbocycles. The second-order valence-electron chi connectivity index (χ2n) is 8.06. The number of nitrogen functional groups attached to an aromatic ring is 1. The molecular formula is C21H35N3O3. The Hall–Kier alpha value is -2.11. The first-order valence-corrected chi connectivity index (χ1v) is 9.91. The van der Waals surface area contributed by atoms with Crippen molar-refractivity contribution >= 4 is 17.5 Å². The van der Waals surface area contributed by atoms with Crippen LogP contribution in [0.15, 0.2) is 12.1 Å². The van der Waals surface area contributed by atoms with Gasteiger partial charge in [-0.1, -0.05) is 6.92 Å². The zero-order valence-corrected chi connectivity index (χ0v) is 17.7. The fourth-order valence-electron chi connectivity index (χ4n) is 3.66. The molecule has 0 saturated carbocycles. The first kappa shape index (κ1) is 21.2. The molecule has 1 aliphatic rings. The molecule has 0 aromatic heterocycles. The van der Waals surface area contributed by atoms with Crippen molar-refractivity contribution in [3.05, 3.63) is 17.7 Å². The lowest BCUT2D eigenvalue weighted by atomic mass is 10.0. The minimum atomic E-state index is -0.470. The van der Waals surface area contributed by atoms with Gasteiger partial charge in [-0.2, -0.15) is 0 Å². The van der Waals surface area contributed by atoms with Crippen molar-refractivity contribution < 1.29 is 14.3 Å². The summed E-state index contributed by atoms with van der Waals surface area (Å²) < 4.78 is 11.0. The monoisotopic (exact) mass is 377 g/mol. The number of benzene rings is 1. The van der Waals surface area contributed by atoms with Gasteiger partial charge in [0.2, 0.25) is 0 Å². The van der Waals surface area contributed by atoms with Gasteiger partial charge >= 0.3 is 6.09 Å². The summed E-state index contributed by atoms with van der Waals surface area (Å²) in [4.78, 5) is 16.8. The minimum Gasteiger partial charge on any atom is -0.495 e. The Morgan fingerprint density at radius 3 is 2.37 bits per heavy atom. The highest BCUT2D eigenvalue weighted by Crippen LogP contribution is 2.34. The average molecular weight is 378 g/mol. The smallest absolute Gasteiger partial charge is 0.410 e. The fraction of sp³-hybridized carbons (Fsp3) is 0.667. The molecule has 0 spiro atoms. The summed E-state index contributed by atoms with van der Waals surface area (Å²) in [7, 11) is 1.65. The highest BCUT2D eigenvalue weighted by atomic mass is 16.6. The normalized spacial score (nSPS) is 15.6. The van der Waals surface area contributed by atoms with E-state index < -0.39 is 5.60 Å². The second-order valence-corrected chi connectivity index (χ2v) is 8.06. The van der Waals surface area contributed by atoms with E-state index in [0.717, 1.165) is 32.4 Å². The Bertz CT molecular complexity index is 647. The lowest BCUT2D eigenvalue weighted by molar-refractivity contribution is 0.0149. The number of ether oxygens (including phenoxy) is 2. The maximum absolute atomic E-state index is 12.5. The van der Waals surface area contributed by atoms with Gasteiger partial charge in [0, 0.05) is 37.4 Å². The number of hydrogen-bond acceptors (Lipinski definition) is 5. The number of nitrogens with two attached hydrogens (primary N) is 1. The predicted octanol–water partition coefficient (Wildman–Crippen LogP) is 4.07. The van der Waals surface area contributed by atoms with E-state index >= 15 is 0 Å². The van der Waals surface area contributed by atoms with Crippen LogP contribution in [0.1, 0.15) is 53.0 Å². The molecule has 0 aliphatic carbocycles. The van der Waals surface area contributed by atoms with Crippen LogP contribution in [0.4, 0.5) is 16.2 Å². The summed E-state index contributed by atoms with van der Waals surface area (Å²) in [5.74, 6) is 0.716. The maximum atomic E-state index is 12.5. The lowest BCUT2D eigenvalue weighted by Crippen LogP contribution is -2.49. The molecule has 1 fully saturated rings. The number of piperidine rings is 1. The number of hydrogen-bond donors (Lipinski definition) is 1. The molecule has 2 rings (SSSR count). The molecule has 6 heteroatoms. The highest BCUT2D eigenvalue weighted by Gasteiger charge is 2.30. The van der Waals surface area contributed by atoms with Gasteiger partial charge in [0.15, 0.2) is 0 Å². The van der Waals surface area contributed by atoms with Crippen molar-refractivity contribution in [2.24, 2.45) is 0 Å². The summed E-state index contributed by atoms with van der Waals surface area (Å²) >= 11 is 0. The average Bonchev–Trinajstić information content (AvgIpc) is 2.61. The third kappa shape index (κ3) is 5.21. The summed E-state index contributed by atoms with van der Waals surface area (Å²) in [5, 5.41) is 0. The van der Waals surface area contributed by atoms with E-state index in [4.69, 9.17) is 15.2 Å². The van der Waals surface area contributed by atoms with Gasteiger partial charge in [-0.15, -0.1) is 0 Å². The van der Waals surface area contributed by atoms with Gasteiger partial charge < -0.3 is 25.0 Å². The molecular weight excluding hydrogens is 342 g/mol. The van der Waals surface area contributed by atoms with E-state index in [1.807, 2.05) is 44.7 Å². The van der Waals surface area contributed by atoms with Gasteiger partial charge in [-0.3, -0.25) is 0 Å². The zero-order valence-electron chi connectivity index (χ0n) is 17.7. The molecule has 0 unspecified atom stereocenters. The van der Waals surface area contributed by atoms with Gasteiger partial charge in [-0.25, -0.2) is 4.79 Å². The quantitative estimate of drug-likeness (QED) is 0.784. The van der Waals surface area contributed by atoms with Crippen LogP contribution in [0, 0.1) is 0 Å². The zero-order chi connectivity index (χ0) is 20.2. The number of nitrogens with zero attached hydrogens (tertiary/aromatic N) is 2. The molecule has 1 aromatic rings. The lowest BCUT2D eigenvalue weighted by Gasteiger charge is -2.40. The Labute approximate surface area is 163 Å². The van der Waals surface area contributed by atoms with Crippen LogP contribution in [0.3, 0.4) is 0 Å². The molecule has 0 atom stereocenters. The standard InChI is InChI=1S/C21H35N3O3/c1-7-15-13-17(22)19(26-6)14-18(15)23-11-9-16(10-12-23)24(8-2)20(25)27-21(3,4)5/h13-14,16H,7-12,22H2,1-6H3. The molecule has 2 N–H and O–H groups in total.